The van der Waals surface area contributed by atoms with Gasteiger partial charge in [0.15, 0.2) is 5.00 Å². The number of rotatable bonds is 5. The standard InChI is InChI=1S/C12H20N2O3S/c1-6-12(3,4)13(5)11-9(14(16)17)7-10(18-11)8(2)15/h7-8,15H,6H2,1-5H3/t8-/m0/s1. The lowest BCUT2D eigenvalue weighted by molar-refractivity contribution is -0.383. The molecule has 1 rings (SSSR count). The Balaban J connectivity index is 3.26. The molecule has 0 radical (unpaired) electrons. The van der Waals surface area contributed by atoms with E-state index in [2.05, 4.69) is 0 Å². The van der Waals surface area contributed by atoms with Gasteiger partial charge < -0.3 is 10.0 Å². The fourth-order valence-electron chi connectivity index (χ4n) is 1.48. The highest BCUT2D eigenvalue weighted by Crippen LogP contribution is 2.42. The minimum Gasteiger partial charge on any atom is -0.388 e. The number of nitrogens with zero attached hydrogens (tertiary/aromatic N) is 2. The number of hydrogen-bond donors (Lipinski definition) is 1. The van der Waals surface area contributed by atoms with Crippen LogP contribution in [0.25, 0.3) is 0 Å². The zero-order valence-corrected chi connectivity index (χ0v) is 12.2. The van der Waals surface area contributed by atoms with Crippen molar-refractivity contribution in [2.24, 2.45) is 0 Å². The molecule has 0 aliphatic carbocycles. The maximum absolute atomic E-state index is 11.1. The lowest BCUT2D eigenvalue weighted by Crippen LogP contribution is -2.40. The third-order valence-corrected chi connectivity index (χ3v) is 4.77. The Hall–Kier alpha value is -1.14. The highest BCUT2D eigenvalue weighted by Gasteiger charge is 2.30. The molecule has 0 spiro atoms. The van der Waals surface area contributed by atoms with Crippen molar-refractivity contribution >= 4 is 22.0 Å². The molecule has 1 aromatic rings. The molecular weight excluding hydrogens is 252 g/mol. The quantitative estimate of drug-likeness (QED) is 0.659. The molecule has 0 saturated heterocycles. The van der Waals surface area contributed by atoms with E-state index in [-0.39, 0.29) is 16.1 Å². The Kier molecular flexibility index (Phi) is 4.34. The third kappa shape index (κ3) is 2.81. The van der Waals surface area contributed by atoms with E-state index in [4.69, 9.17) is 0 Å². The summed E-state index contributed by atoms with van der Waals surface area (Å²) in [4.78, 5) is 13.2. The molecule has 0 aliphatic heterocycles. The number of aliphatic hydroxyl groups is 1. The summed E-state index contributed by atoms with van der Waals surface area (Å²) >= 11 is 1.28. The van der Waals surface area contributed by atoms with Gasteiger partial charge in [-0.3, -0.25) is 10.1 Å². The molecule has 0 fully saturated rings. The molecule has 102 valence electrons. The second-order valence-corrected chi connectivity index (χ2v) is 6.06. The van der Waals surface area contributed by atoms with E-state index in [0.29, 0.717) is 9.88 Å². The van der Waals surface area contributed by atoms with E-state index in [1.165, 1.54) is 17.4 Å². The first kappa shape index (κ1) is 14.9. The number of nitro groups is 1. The van der Waals surface area contributed by atoms with Crippen LogP contribution in [0.3, 0.4) is 0 Å². The van der Waals surface area contributed by atoms with E-state index >= 15 is 0 Å². The molecule has 5 nitrogen and oxygen atoms in total. The Morgan fingerprint density at radius 3 is 2.56 bits per heavy atom. The highest BCUT2D eigenvalue weighted by molar-refractivity contribution is 7.16. The molecule has 1 N–H and O–H groups in total. The molecule has 0 aliphatic rings. The van der Waals surface area contributed by atoms with Crippen LogP contribution in [0.2, 0.25) is 0 Å². The van der Waals surface area contributed by atoms with Gasteiger partial charge in [-0.25, -0.2) is 0 Å². The fourth-order valence-corrected chi connectivity index (χ4v) is 2.67. The second-order valence-electron chi connectivity index (χ2n) is 5.00. The van der Waals surface area contributed by atoms with Gasteiger partial charge in [-0.15, -0.1) is 11.3 Å². The van der Waals surface area contributed by atoms with Crippen molar-refractivity contribution in [1.82, 2.24) is 0 Å². The van der Waals surface area contributed by atoms with Crippen molar-refractivity contribution in [3.63, 3.8) is 0 Å². The average Bonchev–Trinajstić information content (AvgIpc) is 2.72. The van der Waals surface area contributed by atoms with Gasteiger partial charge in [-0.1, -0.05) is 6.92 Å². The Bertz CT molecular complexity index is 441. The van der Waals surface area contributed by atoms with Crippen LogP contribution in [0, 0.1) is 10.1 Å². The number of hydrogen-bond acceptors (Lipinski definition) is 5. The molecule has 6 heteroatoms. The second kappa shape index (κ2) is 5.24. The summed E-state index contributed by atoms with van der Waals surface area (Å²) in [5.41, 5.74) is -0.0918. The van der Waals surface area contributed by atoms with E-state index in [1.54, 1.807) is 6.92 Å². The van der Waals surface area contributed by atoms with Gasteiger partial charge in [0.2, 0.25) is 0 Å². The molecule has 0 saturated carbocycles. The first-order valence-corrected chi connectivity index (χ1v) is 6.72. The summed E-state index contributed by atoms with van der Waals surface area (Å²) in [5.74, 6) is 0. The normalized spacial score (nSPS) is 13.4. The van der Waals surface area contributed by atoms with Gasteiger partial charge in [0.25, 0.3) is 0 Å². The first-order chi connectivity index (χ1) is 8.20. The van der Waals surface area contributed by atoms with Crippen molar-refractivity contribution in [3.8, 4) is 0 Å². The predicted molar refractivity (Wildman–Crippen MR) is 74.4 cm³/mol. The van der Waals surface area contributed by atoms with Crippen LogP contribution in [0.4, 0.5) is 10.7 Å². The monoisotopic (exact) mass is 272 g/mol. The molecule has 0 aromatic carbocycles. The molecule has 1 atom stereocenters. The van der Waals surface area contributed by atoms with Crippen molar-refractivity contribution in [2.75, 3.05) is 11.9 Å². The predicted octanol–water partition coefficient (Wildman–Crippen LogP) is 3.33. The minimum atomic E-state index is -0.680. The molecule has 1 heterocycles. The Labute approximate surface area is 111 Å². The number of aliphatic hydroxyl groups excluding tert-OH is 1. The summed E-state index contributed by atoms with van der Waals surface area (Å²) < 4.78 is 0. The van der Waals surface area contributed by atoms with Gasteiger partial charge in [-0.2, -0.15) is 0 Å². The van der Waals surface area contributed by atoms with E-state index in [1.807, 2.05) is 32.7 Å². The zero-order valence-electron chi connectivity index (χ0n) is 11.4. The molecule has 1 aromatic heterocycles. The largest absolute Gasteiger partial charge is 0.388 e. The molecule has 0 bridgehead atoms. The van der Waals surface area contributed by atoms with Gasteiger partial charge in [-0.05, 0) is 27.2 Å². The average molecular weight is 272 g/mol. The third-order valence-electron chi connectivity index (χ3n) is 3.40. The summed E-state index contributed by atoms with van der Waals surface area (Å²) in [5, 5.41) is 21.2. The first-order valence-electron chi connectivity index (χ1n) is 5.90. The van der Waals surface area contributed by atoms with Crippen LogP contribution in [0.1, 0.15) is 45.1 Å². The molecule has 0 unspecified atom stereocenters. The molecule has 18 heavy (non-hydrogen) atoms. The maximum Gasteiger partial charge on any atom is 0.304 e. The van der Waals surface area contributed by atoms with Crippen LogP contribution in [-0.4, -0.2) is 22.6 Å². The van der Waals surface area contributed by atoms with Crippen LogP contribution < -0.4 is 4.90 Å². The summed E-state index contributed by atoms with van der Waals surface area (Å²) in [6.07, 6.45) is 0.198. The van der Waals surface area contributed by atoms with Crippen molar-refractivity contribution in [1.29, 1.82) is 0 Å². The lowest BCUT2D eigenvalue weighted by Gasteiger charge is -2.35. The van der Waals surface area contributed by atoms with Crippen LogP contribution in [-0.2, 0) is 0 Å². The summed E-state index contributed by atoms with van der Waals surface area (Å²) in [6.45, 7) is 7.74. The molecular formula is C12H20N2O3S. The highest BCUT2D eigenvalue weighted by atomic mass is 32.1. The fraction of sp³-hybridized carbons (Fsp3) is 0.667. The minimum absolute atomic E-state index is 0.0694. The van der Waals surface area contributed by atoms with Gasteiger partial charge >= 0.3 is 5.69 Å². The topological polar surface area (TPSA) is 66.6 Å². The van der Waals surface area contributed by atoms with E-state index < -0.39 is 6.10 Å². The number of anilines is 1. The van der Waals surface area contributed by atoms with Crippen molar-refractivity contribution < 1.29 is 10.0 Å². The lowest BCUT2D eigenvalue weighted by atomic mass is 10.0. The van der Waals surface area contributed by atoms with Crippen LogP contribution in [0.15, 0.2) is 6.07 Å². The smallest absolute Gasteiger partial charge is 0.304 e. The summed E-state index contributed by atoms with van der Waals surface area (Å²) in [6, 6.07) is 1.47. The Morgan fingerprint density at radius 1 is 1.61 bits per heavy atom. The van der Waals surface area contributed by atoms with Gasteiger partial charge in [0.05, 0.1) is 11.0 Å². The zero-order chi connectivity index (χ0) is 14.1. The van der Waals surface area contributed by atoms with E-state index in [0.717, 1.165) is 6.42 Å². The van der Waals surface area contributed by atoms with Crippen LogP contribution >= 0.6 is 11.3 Å². The maximum atomic E-state index is 11.1. The SMILES string of the molecule is CCC(C)(C)N(C)c1sc([C@H](C)O)cc1[N+](=O)[O-]. The van der Waals surface area contributed by atoms with E-state index in [9.17, 15) is 15.2 Å². The number of thiophene rings is 1. The van der Waals surface area contributed by atoms with Crippen LogP contribution in [0.5, 0.6) is 0 Å². The Morgan fingerprint density at radius 2 is 2.17 bits per heavy atom. The molecule has 0 amide bonds. The van der Waals surface area contributed by atoms with Gasteiger partial charge in [0, 0.05) is 23.5 Å². The summed E-state index contributed by atoms with van der Waals surface area (Å²) in [7, 11) is 1.86. The van der Waals surface area contributed by atoms with Crippen molar-refractivity contribution in [2.45, 2.75) is 45.8 Å². The van der Waals surface area contributed by atoms with Crippen molar-refractivity contribution in [3.05, 3.63) is 21.1 Å². The van der Waals surface area contributed by atoms with Gasteiger partial charge in [0.1, 0.15) is 0 Å².